The van der Waals surface area contributed by atoms with E-state index in [4.69, 9.17) is 35.3 Å². The zero-order valence-corrected chi connectivity index (χ0v) is 31.7. The molecule has 12 heteroatoms. The van der Waals surface area contributed by atoms with Gasteiger partial charge >= 0.3 is 23.9 Å². The van der Waals surface area contributed by atoms with E-state index in [1.165, 1.54) is 28.1 Å². The molecule has 1 aliphatic rings. The molecule has 1 aliphatic heterocycles. The molecule has 0 N–H and O–H groups in total. The first kappa shape index (κ1) is 41.0. The molecule has 11 nitrogen and oxygen atoms in total. The Morgan fingerprint density at radius 3 is 2.19 bits per heavy atom. The first-order chi connectivity index (χ1) is 25.3. The molecule has 6 atom stereocenters. The minimum absolute atomic E-state index is 0.00134. The fourth-order valence-electron chi connectivity index (χ4n) is 6.53. The van der Waals surface area contributed by atoms with E-state index in [0.29, 0.717) is 29.2 Å². The van der Waals surface area contributed by atoms with Crippen LogP contribution in [0.4, 0.5) is 0 Å². The molecule has 0 aliphatic carbocycles. The SMILES string of the molecule is CC[C@H]1O[C@@H](c2ccc(Cl)c(Cc3ccc(OCc4cccc(C(=O)C[C@@H](CCC(=O)OC)C(=O)OC)c4)cc3)c2)[C@H](OC(C)=O)[C@@H](OC(C)=O)[C@@H]1C. The molecule has 284 valence electrons. The Hall–Kier alpha value is -4.74. The second-order valence-corrected chi connectivity index (χ2v) is 13.5. The first-order valence-corrected chi connectivity index (χ1v) is 18.0. The van der Waals surface area contributed by atoms with Crippen LogP contribution in [0.1, 0.15) is 92.1 Å². The van der Waals surface area contributed by atoms with Gasteiger partial charge < -0.3 is 28.4 Å². The third kappa shape index (κ3) is 11.4. The molecule has 0 spiro atoms. The molecular weight excluding hydrogens is 704 g/mol. The second-order valence-electron chi connectivity index (χ2n) is 13.1. The van der Waals surface area contributed by atoms with Crippen molar-refractivity contribution < 1.29 is 52.4 Å². The summed E-state index contributed by atoms with van der Waals surface area (Å²) in [5.41, 5.74) is 3.74. The number of ether oxygens (including phenoxy) is 6. The normalized spacial score (nSPS) is 20.1. The number of methoxy groups -OCH3 is 2. The Balaban J connectivity index is 1.43. The van der Waals surface area contributed by atoms with Crippen molar-refractivity contribution in [3.8, 4) is 5.75 Å². The summed E-state index contributed by atoms with van der Waals surface area (Å²) in [4.78, 5) is 61.1. The van der Waals surface area contributed by atoms with Crippen molar-refractivity contribution in [2.75, 3.05) is 14.2 Å². The van der Waals surface area contributed by atoms with Crippen LogP contribution in [-0.2, 0) is 55.9 Å². The first-order valence-electron chi connectivity index (χ1n) is 17.6. The number of ketones is 1. The number of hydrogen-bond acceptors (Lipinski definition) is 11. The van der Waals surface area contributed by atoms with Gasteiger partial charge in [0.15, 0.2) is 11.9 Å². The van der Waals surface area contributed by atoms with Crippen molar-refractivity contribution in [1.82, 2.24) is 0 Å². The summed E-state index contributed by atoms with van der Waals surface area (Å²) < 4.78 is 33.4. The molecule has 1 saturated heterocycles. The van der Waals surface area contributed by atoms with Crippen LogP contribution < -0.4 is 4.74 Å². The van der Waals surface area contributed by atoms with Gasteiger partial charge in [-0.05, 0) is 65.8 Å². The number of esters is 4. The fraction of sp³-hybridized carbons (Fsp3) is 0.439. The topological polar surface area (TPSA) is 141 Å². The minimum atomic E-state index is -0.840. The molecule has 0 unspecified atom stereocenters. The molecule has 1 fully saturated rings. The van der Waals surface area contributed by atoms with Crippen molar-refractivity contribution in [3.63, 3.8) is 0 Å². The van der Waals surface area contributed by atoms with Gasteiger partial charge in [-0.1, -0.05) is 67.9 Å². The van der Waals surface area contributed by atoms with Crippen LogP contribution in [-0.4, -0.2) is 62.2 Å². The van der Waals surface area contributed by atoms with E-state index < -0.39 is 48.1 Å². The van der Waals surface area contributed by atoms with E-state index in [1.54, 1.807) is 24.3 Å². The van der Waals surface area contributed by atoms with Crippen molar-refractivity contribution in [2.24, 2.45) is 11.8 Å². The number of rotatable bonds is 16. The van der Waals surface area contributed by atoms with Gasteiger partial charge in [-0.15, -0.1) is 0 Å². The summed E-state index contributed by atoms with van der Waals surface area (Å²) in [5.74, 6) is -2.57. The largest absolute Gasteiger partial charge is 0.489 e. The highest BCUT2D eigenvalue weighted by Gasteiger charge is 2.47. The van der Waals surface area contributed by atoms with Crippen LogP contribution in [0.15, 0.2) is 66.7 Å². The number of Topliss-reactive ketones (excluding diaryl/α,β-unsaturated/α-hetero) is 1. The lowest BCUT2D eigenvalue weighted by molar-refractivity contribution is -0.225. The van der Waals surface area contributed by atoms with E-state index >= 15 is 0 Å². The van der Waals surface area contributed by atoms with Crippen molar-refractivity contribution in [2.45, 2.75) is 90.8 Å². The Labute approximate surface area is 315 Å². The average molecular weight is 751 g/mol. The van der Waals surface area contributed by atoms with Crippen LogP contribution >= 0.6 is 11.6 Å². The monoisotopic (exact) mass is 750 g/mol. The number of halogens is 1. The number of carbonyl (C=O) groups excluding carboxylic acids is 5. The standard InChI is InChI=1S/C41H47ClO11/c1-7-36-24(2)38(51-25(3)43)40(52-26(4)44)39(53-36)30-13-17-34(42)32(21-30)19-27-11-15-33(16-12-27)50-23-28-9-8-10-29(20-28)35(45)22-31(41(47)49-6)14-18-37(46)48-5/h8-13,15-17,20-21,24,31,36,38-40H,7,14,18-19,22-23H2,1-6H3/t24-,31-,36-,38+,39+,40-/m1/s1. The zero-order chi connectivity index (χ0) is 38.7. The van der Waals surface area contributed by atoms with Crippen LogP contribution in [0.3, 0.4) is 0 Å². The molecule has 3 aromatic carbocycles. The summed E-state index contributed by atoms with van der Waals surface area (Å²) in [6.45, 7) is 6.78. The van der Waals surface area contributed by atoms with E-state index in [1.807, 2.05) is 56.3 Å². The van der Waals surface area contributed by atoms with Crippen LogP contribution in [0, 0.1) is 11.8 Å². The summed E-state index contributed by atoms with van der Waals surface area (Å²) in [5, 5.41) is 0.557. The Morgan fingerprint density at radius 2 is 1.55 bits per heavy atom. The van der Waals surface area contributed by atoms with E-state index in [-0.39, 0.29) is 43.7 Å². The van der Waals surface area contributed by atoms with Crippen molar-refractivity contribution >= 4 is 41.3 Å². The third-order valence-electron chi connectivity index (χ3n) is 9.32. The zero-order valence-electron chi connectivity index (χ0n) is 30.9. The lowest BCUT2D eigenvalue weighted by atomic mass is 9.84. The lowest BCUT2D eigenvalue weighted by Gasteiger charge is -2.44. The molecule has 0 amide bonds. The van der Waals surface area contributed by atoms with E-state index in [0.717, 1.165) is 22.3 Å². The van der Waals surface area contributed by atoms with E-state index in [9.17, 15) is 24.0 Å². The molecule has 4 rings (SSSR count). The van der Waals surface area contributed by atoms with Gasteiger partial charge in [-0.3, -0.25) is 24.0 Å². The predicted molar refractivity (Wildman–Crippen MR) is 195 cm³/mol. The molecule has 0 bridgehead atoms. The molecule has 0 saturated carbocycles. The van der Waals surface area contributed by atoms with Gasteiger partial charge in [-0.25, -0.2) is 0 Å². The van der Waals surface area contributed by atoms with Gasteiger partial charge in [0.1, 0.15) is 24.6 Å². The highest BCUT2D eigenvalue weighted by Crippen LogP contribution is 2.40. The van der Waals surface area contributed by atoms with Crippen LogP contribution in [0.5, 0.6) is 5.75 Å². The maximum Gasteiger partial charge on any atom is 0.309 e. The maximum atomic E-state index is 13.1. The van der Waals surface area contributed by atoms with Gasteiger partial charge in [0, 0.05) is 43.2 Å². The van der Waals surface area contributed by atoms with Crippen molar-refractivity contribution in [3.05, 3.63) is 99.6 Å². The van der Waals surface area contributed by atoms with Crippen LogP contribution in [0.25, 0.3) is 0 Å². The fourth-order valence-corrected chi connectivity index (χ4v) is 6.72. The smallest absolute Gasteiger partial charge is 0.309 e. The van der Waals surface area contributed by atoms with Crippen LogP contribution in [0.2, 0.25) is 5.02 Å². The molecule has 3 aromatic rings. The maximum absolute atomic E-state index is 13.1. The van der Waals surface area contributed by atoms with Gasteiger partial charge in [0.2, 0.25) is 0 Å². The molecule has 0 aromatic heterocycles. The molecule has 53 heavy (non-hydrogen) atoms. The Bertz CT molecular complexity index is 1750. The van der Waals surface area contributed by atoms with E-state index in [2.05, 4.69) is 4.74 Å². The van der Waals surface area contributed by atoms with Gasteiger partial charge in [-0.2, -0.15) is 0 Å². The Kier molecular flexibility index (Phi) is 15.0. The third-order valence-corrected chi connectivity index (χ3v) is 9.69. The summed E-state index contributed by atoms with van der Waals surface area (Å²) in [6.07, 6.45) is -1.21. The number of benzene rings is 3. The summed E-state index contributed by atoms with van der Waals surface area (Å²) >= 11 is 6.67. The average Bonchev–Trinajstić information content (AvgIpc) is 3.14. The highest BCUT2D eigenvalue weighted by atomic mass is 35.5. The minimum Gasteiger partial charge on any atom is -0.489 e. The van der Waals surface area contributed by atoms with Crippen molar-refractivity contribution in [1.29, 1.82) is 0 Å². The lowest BCUT2D eigenvalue weighted by Crippen LogP contribution is -2.52. The summed E-state index contributed by atoms with van der Waals surface area (Å²) in [7, 11) is 2.51. The predicted octanol–water partition coefficient (Wildman–Crippen LogP) is 7.17. The summed E-state index contributed by atoms with van der Waals surface area (Å²) in [6, 6.07) is 20.1. The molecule has 0 radical (unpaired) electrons. The molecular formula is C41H47ClO11. The quantitative estimate of drug-likeness (QED) is 0.0836. The van der Waals surface area contributed by atoms with Gasteiger partial charge in [0.05, 0.1) is 26.2 Å². The number of hydrogen-bond donors (Lipinski definition) is 0. The highest BCUT2D eigenvalue weighted by molar-refractivity contribution is 6.31. The van der Waals surface area contributed by atoms with Gasteiger partial charge in [0.25, 0.3) is 0 Å². The molecule has 1 heterocycles. The number of carbonyl (C=O) groups is 5. The second kappa shape index (κ2) is 19.4. The Morgan fingerprint density at radius 1 is 0.849 bits per heavy atom.